The number of aryl methyl sites for hydroxylation is 1. The lowest BCUT2D eigenvalue weighted by molar-refractivity contribution is 0.100. The van der Waals surface area contributed by atoms with E-state index in [1.807, 2.05) is 24.3 Å². The summed E-state index contributed by atoms with van der Waals surface area (Å²) >= 11 is 0. The van der Waals surface area contributed by atoms with Crippen LogP contribution in [0.5, 0.6) is 0 Å². The standard InChI is InChI=1S/C20H20FN3O/c1-12-5-6-13-7-8-15(19(25)24-20(22)23)11-17(13)18(12)14-3-2-4-16(21)10-9-14/h2,4,7-11H,3,5-6H2,1H3,(H4,22,23,24,25). The third kappa shape index (κ3) is 3.60. The highest BCUT2D eigenvalue weighted by atomic mass is 19.1. The van der Waals surface area contributed by atoms with Crippen LogP contribution in [0, 0.1) is 0 Å². The fraction of sp³-hybridized carbons (Fsp3) is 0.200. The number of nitrogens with zero attached hydrogens (tertiary/aromatic N) is 1. The van der Waals surface area contributed by atoms with E-state index in [9.17, 15) is 9.18 Å². The van der Waals surface area contributed by atoms with Gasteiger partial charge >= 0.3 is 0 Å². The molecule has 1 aromatic rings. The van der Waals surface area contributed by atoms with Crippen molar-refractivity contribution in [3.8, 4) is 0 Å². The Bertz CT molecular complexity index is 884. The second-order valence-electron chi connectivity index (χ2n) is 6.22. The molecule has 5 heteroatoms. The van der Waals surface area contributed by atoms with Gasteiger partial charge in [0.15, 0.2) is 5.96 Å². The number of carbonyl (C=O) groups excluding carboxylic acids is 1. The average molecular weight is 337 g/mol. The highest BCUT2D eigenvalue weighted by Crippen LogP contribution is 2.38. The normalized spacial score (nSPS) is 16.6. The number of aliphatic imine (C=N–C) groups is 1. The molecule has 128 valence electrons. The first kappa shape index (κ1) is 16.9. The van der Waals surface area contributed by atoms with Gasteiger partial charge in [0.2, 0.25) is 0 Å². The van der Waals surface area contributed by atoms with Crippen LogP contribution in [0.2, 0.25) is 0 Å². The van der Waals surface area contributed by atoms with E-state index in [2.05, 4.69) is 11.9 Å². The van der Waals surface area contributed by atoms with E-state index in [0.717, 1.165) is 29.6 Å². The molecule has 3 rings (SSSR count). The van der Waals surface area contributed by atoms with Crippen molar-refractivity contribution in [3.63, 3.8) is 0 Å². The van der Waals surface area contributed by atoms with Crippen molar-refractivity contribution in [2.75, 3.05) is 0 Å². The van der Waals surface area contributed by atoms with Crippen LogP contribution in [0.4, 0.5) is 4.39 Å². The molecular formula is C20H20FN3O. The SMILES string of the molecule is CC1=C(C2=CC=C(F)C=CC2)c2cc(C(=O)N=C(N)N)ccc2CC1. The number of benzene rings is 1. The maximum Gasteiger partial charge on any atom is 0.280 e. The fourth-order valence-electron chi connectivity index (χ4n) is 3.25. The molecule has 0 aliphatic heterocycles. The molecule has 0 aromatic heterocycles. The van der Waals surface area contributed by atoms with Crippen molar-refractivity contribution in [2.45, 2.75) is 26.2 Å². The summed E-state index contributed by atoms with van der Waals surface area (Å²) in [4.78, 5) is 15.8. The van der Waals surface area contributed by atoms with Crippen LogP contribution in [0.25, 0.3) is 5.57 Å². The Hall–Kier alpha value is -2.95. The molecule has 0 unspecified atom stereocenters. The monoisotopic (exact) mass is 337 g/mol. The van der Waals surface area contributed by atoms with Crippen LogP contribution in [0.1, 0.15) is 41.3 Å². The summed E-state index contributed by atoms with van der Waals surface area (Å²) in [7, 11) is 0. The minimum atomic E-state index is -0.467. The van der Waals surface area contributed by atoms with Crippen molar-refractivity contribution >= 4 is 17.4 Å². The minimum Gasteiger partial charge on any atom is -0.370 e. The summed E-state index contributed by atoms with van der Waals surface area (Å²) in [5.74, 6) is -0.987. The van der Waals surface area contributed by atoms with Gasteiger partial charge in [-0.1, -0.05) is 23.8 Å². The van der Waals surface area contributed by atoms with Crippen molar-refractivity contribution in [1.82, 2.24) is 0 Å². The fourth-order valence-corrected chi connectivity index (χ4v) is 3.25. The summed E-state index contributed by atoms with van der Waals surface area (Å²) in [5.41, 5.74) is 16.6. The van der Waals surface area contributed by atoms with Gasteiger partial charge in [-0.15, -0.1) is 0 Å². The Morgan fingerprint density at radius 2 is 2.00 bits per heavy atom. The Morgan fingerprint density at radius 3 is 2.76 bits per heavy atom. The molecule has 4 nitrogen and oxygen atoms in total. The topological polar surface area (TPSA) is 81.5 Å². The van der Waals surface area contributed by atoms with Crippen molar-refractivity contribution in [1.29, 1.82) is 0 Å². The third-order valence-corrected chi connectivity index (χ3v) is 4.43. The van der Waals surface area contributed by atoms with Gasteiger partial charge < -0.3 is 11.5 Å². The zero-order chi connectivity index (χ0) is 18.0. The lowest BCUT2D eigenvalue weighted by Crippen LogP contribution is -2.24. The van der Waals surface area contributed by atoms with Crippen LogP contribution < -0.4 is 11.5 Å². The van der Waals surface area contributed by atoms with E-state index >= 15 is 0 Å². The first-order valence-corrected chi connectivity index (χ1v) is 8.16. The number of halogens is 1. The van der Waals surface area contributed by atoms with Crippen molar-refractivity contribution in [3.05, 3.63) is 76.2 Å². The zero-order valence-corrected chi connectivity index (χ0v) is 14.1. The van der Waals surface area contributed by atoms with E-state index in [4.69, 9.17) is 11.5 Å². The number of guanidine groups is 1. The lowest BCUT2D eigenvalue weighted by Gasteiger charge is -2.24. The molecule has 25 heavy (non-hydrogen) atoms. The number of rotatable bonds is 2. The lowest BCUT2D eigenvalue weighted by atomic mass is 9.81. The predicted octanol–water partition coefficient (Wildman–Crippen LogP) is 3.56. The van der Waals surface area contributed by atoms with Gasteiger partial charge in [0.25, 0.3) is 5.91 Å². The molecule has 2 aliphatic rings. The highest BCUT2D eigenvalue weighted by molar-refractivity contribution is 6.03. The molecule has 0 fully saturated rings. The molecule has 0 radical (unpaired) electrons. The van der Waals surface area contributed by atoms with Crippen LogP contribution in [0.3, 0.4) is 0 Å². The number of amides is 1. The van der Waals surface area contributed by atoms with Gasteiger partial charge in [0, 0.05) is 5.56 Å². The van der Waals surface area contributed by atoms with Crippen LogP contribution in [-0.4, -0.2) is 11.9 Å². The highest BCUT2D eigenvalue weighted by Gasteiger charge is 2.21. The van der Waals surface area contributed by atoms with E-state index in [-0.39, 0.29) is 11.8 Å². The Kier molecular flexibility index (Phi) is 4.65. The third-order valence-electron chi connectivity index (χ3n) is 4.43. The molecule has 0 saturated carbocycles. The number of nitrogens with two attached hydrogens (primary N) is 2. The number of fused-ring (bicyclic) bond motifs is 1. The zero-order valence-electron chi connectivity index (χ0n) is 14.1. The molecule has 1 aromatic carbocycles. The van der Waals surface area contributed by atoms with Gasteiger partial charge in [-0.25, -0.2) is 4.39 Å². The van der Waals surface area contributed by atoms with Crippen molar-refractivity contribution < 1.29 is 9.18 Å². The van der Waals surface area contributed by atoms with E-state index in [1.165, 1.54) is 23.3 Å². The number of hydrogen-bond acceptors (Lipinski definition) is 1. The van der Waals surface area contributed by atoms with Gasteiger partial charge in [0.05, 0.1) is 0 Å². The van der Waals surface area contributed by atoms with Crippen LogP contribution in [0.15, 0.2) is 64.5 Å². The summed E-state index contributed by atoms with van der Waals surface area (Å²) in [5, 5.41) is 0. The Labute approximate surface area is 146 Å². The number of allylic oxidation sites excluding steroid dienone is 8. The maximum atomic E-state index is 13.5. The Morgan fingerprint density at radius 1 is 1.20 bits per heavy atom. The molecule has 0 heterocycles. The first-order valence-electron chi connectivity index (χ1n) is 8.16. The molecule has 0 bridgehead atoms. The van der Waals surface area contributed by atoms with E-state index in [0.29, 0.717) is 12.0 Å². The van der Waals surface area contributed by atoms with Crippen molar-refractivity contribution in [2.24, 2.45) is 16.5 Å². The van der Waals surface area contributed by atoms with Gasteiger partial charge in [0.1, 0.15) is 5.83 Å². The van der Waals surface area contributed by atoms with Crippen LogP contribution >= 0.6 is 0 Å². The number of hydrogen-bond donors (Lipinski definition) is 2. The van der Waals surface area contributed by atoms with Gasteiger partial charge in [-0.3, -0.25) is 4.79 Å². The molecule has 0 saturated heterocycles. The Balaban J connectivity index is 2.09. The predicted molar refractivity (Wildman–Crippen MR) is 98.5 cm³/mol. The second-order valence-corrected chi connectivity index (χ2v) is 6.22. The second kappa shape index (κ2) is 6.89. The quantitative estimate of drug-likeness (QED) is 0.639. The molecule has 4 N–H and O–H groups in total. The molecular weight excluding hydrogens is 317 g/mol. The summed E-state index contributed by atoms with van der Waals surface area (Å²) in [6.07, 6.45) is 9.07. The molecule has 0 atom stereocenters. The molecule has 0 spiro atoms. The van der Waals surface area contributed by atoms with E-state index in [1.54, 1.807) is 6.07 Å². The maximum absolute atomic E-state index is 13.5. The van der Waals surface area contributed by atoms with Crippen LogP contribution in [-0.2, 0) is 6.42 Å². The van der Waals surface area contributed by atoms with E-state index < -0.39 is 5.91 Å². The largest absolute Gasteiger partial charge is 0.370 e. The molecule has 1 amide bonds. The summed E-state index contributed by atoms with van der Waals surface area (Å²) in [6, 6.07) is 5.52. The minimum absolute atomic E-state index is 0.258. The summed E-state index contributed by atoms with van der Waals surface area (Å²) < 4.78 is 13.5. The first-order chi connectivity index (χ1) is 12.0. The smallest absolute Gasteiger partial charge is 0.280 e. The number of carbonyl (C=O) groups is 1. The molecule has 2 aliphatic carbocycles. The van der Waals surface area contributed by atoms with Gasteiger partial charge in [-0.05, 0) is 72.7 Å². The average Bonchev–Trinajstić information content (AvgIpc) is 2.78. The summed E-state index contributed by atoms with van der Waals surface area (Å²) in [6.45, 7) is 2.08. The van der Waals surface area contributed by atoms with Gasteiger partial charge in [-0.2, -0.15) is 4.99 Å².